The highest BCUT2D eigenvalue weighted by molar-refractivity contribution is 7.41. The van der Waals surface area contributed by atoms with E-state index in [4.69, 9.17) is 10.2 Å². The predicted molar refractivity (Wildman–Crippen MR) is 48.5 cm³/mol. The van der Waals surface area contributed by atoms with Gasteiger partial charge in [0, 0.05) is 26.1 Å². The quantitative estimate of drug-likeness (QED) is 0.654. The predicted octanol–water partition coefficient (Wildman–Crippen LogP) is 0.410. The second-order valence-electron chi connectivity index (χ2n) is 2.95. The van der Waals surface area contributed by atoms with Crippen LogP contribution < -0.4 is 5.50 Å². The molecule has 1 unspecified atom stereocenters. The van der Waals surface area contributed by atoms with Crippen molar-refractivity contribution in [1.29, 1.82) is 0 Å². The van der Waals surface area contributed by atoms with Crippen molar-refractivity contribution in [2.45, 2.75) is 6.42 Å². The van der Waals surface area contributed by atoms with Crippen LogP contribution in [0.2, 0.25) is 0 Å². The van der Waals surface area contributed by atoms with Crippen LogP contribution in [-0.2, 0) is 9.30 Å². The van der Waals surface area contributed by atoms with Crippen LogP contribution in [0.25, 0.3) is 0 Å². The Balaban J connectivity index is 2.01. The molecule has 2 N–H and O–H groups in total. The van der Waals surface area contributed by atoms with E-state index >= 15 is 0 Å². The normalized spacial score (nSPS) is 20.9. The van der Waals surface area contributed by atoms with E-state index in [2.05, 4.69) is 4.90 Å². The van der Waals surface area contributed by atoms with E-state index in [0.29, 0.717) is 6.16 Å². The first kappa shape index (κ1) is 10.1. The maximum Gasteiger partial charge on any atom is 0.429 e. The Morgan fingerprint density at radius 3 is 2.67 bits per heavy atom. The van der Waals surface area contributed by atoms with Crippen LogP contribution in [0.4, 0.5) is 0 Å². The first-order valence-electron chi connectivity index (χ1n) is 4.28. The smallest absolute Gasteiger partial charge is 0.379 e. The highest BCUT2D eigenvalue weighted by Gasteiger charge is 2.12. The third-order valence-corrected chi connectivity index (χ3v) is 2.71. The summed E-state index contributed by atoms with van der Waals surface area (Å²) in [5.41, 5.74) is 5.17. The number of morpholine rings is 1. The molecule has 0 aliphatic carbocycles. The third-order valence-electron chi connectivity index (χ3n) is 1.96. The van der Waals surface area contributed by atoms with Gasteiger partial charge in [-0.05, 0) is 0 Å². The molecule has 4 nitrogen and oxygen atoms in total. The Hall–Kier alpha value is -0.0200. The monoisotopic (exact) mass is 191 g/mol. The fourth-order valence-electron chi connectivity index (χ4n) is 1.27. The van der Waals surface area contributed by atoms with E-state index in [1.165, 1.54) is 0 Å². The number of hydrogen-bond acceptors (Lipinski definition) is 3. The Morgan fingerprint density at radius 1 is 1.42 bits per heavy atom. The Labute approximate surface area is 73.9 Å². The lowest BCUT2D eigenvalue weighted by Crippen LogP contribution is -2.37. The van der Waals surface area contributed by atoms with Gasteiger partial charge in [0.05, 0.1) is 13.2 Å². The fourth-order valence-corrected chi connectivity index (χ4v) is 1.73. The van der Waals surface area contributed by atoms with Gasteiger partial charge in [0.25, 0.3) is 0 Å². The maximum atomic E-state index is 10.6. The molecule has 0 spiro atoms. The zero-order valence-electron chi connectivity index (χ0n) is 7.24. The van der Waals surface area contributed by atoms with Gasteiger partial charge in [-0.2, -0.15) is 0 Å². The first-order chi connectivity index (χ1) is 5.79. The second kappa shape index (κ2) is 5.60. The van der Waals surface area contributed by atoms with Crippen LogP contribution in [0, 0.1) is 0 Å². The summed E-state index contributed by atoms with van der Waals surface area (Å²) in [4.78, 5) is 2.32. The molecule has 12 heavy (non-hydrogen) atoms. The molecule has 70 valence electrons. The van der Waals surface area contributed by atoms with Crippen LogP contribution in [0.15, 0.2) is 0 Å². The summed E-state index contributed by atoms with van der Waals surface area (Å²) in [5, 5.41) is 0. The highest BCUT2D eigenvalue weighted by atomic mass is 31.1. The molecule has 0 radical (unpaired) electrons. The molecular formula is C7H16N2O2P+. The molecule has 1 fully saturated rings. The topological polar surface area (TPSA) is 55.6 Å². The van der Waals surface area contributed by atoms with Gasteiger partial charge >= 0.3 is 7.95 Å². The SMILES string of the molecule is N[P+](=O)CCCN1CCOCC1. The van der Waals surface area contributed by atoms with E-state index in [9.17, 15) is 4.57 Å². The first-order valence-corrected chi connectivity index (χ1v) is 5.80. The van der Waals surface area contributed by atoms with Gasteiger partial charge in [-0.15, -0.1) is 5.50 Å². The van der Waals surface area contributed by atoms with Gasteiger partial charge in [0.1, 0.15) is 0 Å². The lowest BCUT2D eigenvalue weighted by molar-refractivity contribution is 0.0381. The summed E-state index contributed by atoms with van der Waals surface area (Å²) in [5.74, 6) is 0. The van der Waals surface area contributed by atoms with Crippen molar-refractivity contribution in [2.75, 3.05) is 39.0 Å². The minimum absolute atomic E-state index is 0.646. The van der Waals surface area contributed by atoms with Crippen LogP contribution in [0.3, 0.4) is 0 Å². The number of nitrogens with zero attached hydrogens (tertiary/aromatic N) is 1. The van der Waals surface area contributed by atoms with Crippen molar-refractivity contribution in [3.05, 3.63) is 0 Å². The van der Waals surface area contributed by atoms with Gasteiger partial charge < -0.3 is 4.74 Å². The molecule has 1 atom stereocenters. The van der Waals surface area contributed by atoms with E-state index in [-0.39, 0.29) is 0 Å². The summed E-state index contributed by atoms with van der Waals surface area (Å²) >= 11 is 0. The zero-order valence-corrected chi connectivity index (χ0v) is 8.13. The highest BCUT2D eigenvalue weighted by Crippen LogP contribution is 2.09. The van der Waals surface area contributed by atoms with Crippen LogP contribution in [0.5, 0.6) is 0 Å². The Kier molecular flexibility index (Phi) is 4.69. The van der Waals surface area contributed by atoms with Gasteiger partial charge in [0.2, 0.25) is 0 Å². The summed E-state index contributed by atoms with van der Waals surface area (Å²) in [7, 11) is -1.44. The third kappa shape index (κ3) is 4.12. The Bertz CT molecular complexity index is 148. The van der Waals surface area contributed by atoms with Crippen LogP contribution in [-0.4, -0.2) is 43.9 Å². The number of rotatable bonds is 4. The van der Waals surface area contributed by atoms with E-state index < -0.39 is 7.95 Å². The molecule has 0 aromatic heterocycles. The van der Waals surface area contributed by atoms with Gasteiger partial charge in [-0.1, -0.05) is 4.57 Å². The summed E-state index contributed by atoms with van der Waals surface area (Å²) < 4.78 is 15.8. The van der Waals surface area contributed by atoms with Crippen molar-refractivity contribution >= 4 is 7.95 Å². The molecule has 0 bridgehead atoms. The molecular weight excluding hydrogens is 175 g/mol. The number of ether oxygens (including phenoxy) is 1. The lowest BCUT2D eigenvalue weighted by Gasteiger charge is -2.25. The minimum Gasteiger partial charge on any atom is -0.379 e. The molecule has 0 aromatic carbocycles. The summed E-state index contributed by atoms with van der Waals surface area (Å²) in [6.45, 7) is 4.66. The van der Waals surface area contributed by atoms with Crippen molar-refractivity contribution in [1.82, 2.24) is 4.90 Å². The molecule has 1 heterocycles. The molecule has 1 aliphatic rings. The molecule has 1 aliphatic heterocycles. The van der Waals surface area contributed by atoms with Gasteiger partial charge in [0.15, 0.2) is 6.16 Å². The molecule has 1 saturated heterocycles. The van der Waals surface area contributed by atoms with Crippen molar-refractivity contribution in [3.8, 4) is 0 Å². The zero-order chi connectivity index (χ0) is 8.81. The fraction of sp³-hybridized carbons (Fsp3) is 1.00. The van der Waals surface area contributed by atoms with Gasteiger partial charge in [-0.25, -0.2) is 0 Å². The second-order valence-corrected chi connectivity index (χ2v) is 4.23. The molecule has 1 rings (SSSR count). The number of hydrogen-bond donors (Lipinski definition) is 1. The average molecular weight is 191 g/mol. The van der Waals surface area contributed by atoms with E-state index in [0.717, 1.165) is 39.3 Å². The van der Waals surface area contributed by atoms with Crippen LogP contribution in [0.1, 0.15) is 6.42 Å². The molecule has 0 amide bonds. The lowest BCUT2D eigenvalue weighted by atomic mass is 10.4. The molecule has 0 saturated carbocycles. The largest absolute Gasteiger partial charge is 0.429 e. The summed E-state index contributed by atoms with van der Waals surface area (Å²) in [6.07, 6.45) is 1.58. The van der Waals surface area contributed by atoms with Gasteiger partial charge in [-0.3, -0.25) is 4.90 Å². The van der Waals surface area contributed by atoms with E-state index in [1.807, 2.05) is 0 Å². The molecule has 0 aromatic rings. The van der Waals surface area contributed by atoms with Crippen molar-refractivity contribution in [3.63, 3.8) is 0 Å². The summed E-state index contributed by atoms with van der Waals surface area (Å²) in [6, 6.07) is 0. The van der Waals surface area contributed by atoms with Crippen molar-refractivity contribution < 1.29 is 9.30 Å². The Morgan fingerprint density at radius 2 is 2.08 bits per heavy atom. The minimum atomic E-state index is -1.44. The standard InChI is InChI=1S/C7H16N2O2P/c8-12(10)7-1-2-9-3-5-11-6-4-9/h1-7H2,(H2,8,10)/q+1. The number of nitrogens with two attached hydrogens (primary N) is 1. The van der Waals surface area contributed by atoms with Crippen LogP contribution >= 0.6 is 7.95 Å². The average Bonchev–Trinajstić information content (AvgIpc) is 2.05. The molecule has 5 heteroatoms. The van der Waals surface area contributed by atoms with Crippen molar-refractivity contribution in [2.24, 2.45) is 5.50 Å². The maximum absolute atomic E-state index is 10.6. The van der Waals surface area contributed by atoms with E-state index in [1.54, 1.807) is 0 Å².